The molecule has 0 atom stereocenters. The van der Waals surface area contributed by atoms with Crippen LogP contribution in [0, 0.1) is 0 Å². The number of nitrogens with one attached hydrogen (secondary N) is 1. The Kier molecular flexibility index (Phi) is 24.6. The van der Waals surface area contributed by atoms with Crippen LogP contribution in [0.3, 0.4) is 0 Å². The summed E-state index contributed by atoms with van der Waals surface area (Å²) < 4.78 is 29.9. The van der Waals surface area contributed by atoms with E-state index >= 15 is 0 Å². The minimum Gasteiger partial charge on any atom is -0.490 e. The fourth-order valence-corrected chi connectivity index (χ4v) is 9.64. The van der Waals surface area contributed by atoms with Gasteiger partial charge < -0.3 is 33.9 Å². The third-order valence-electron chi connectivity index (χ3n) is 13.6. The standard InChI is InChI=1S/C30H43N3O4.C25H35N3O2.2ClH/c1-3-5-11-28-27(23-12-14-25(15-13-23)36-24-9-7-6-8-10-24)22-29(32-31-28)37-26-16-19-33(20-17-26)21-18-30(34)35-4-2;1-2-3-9-24-23(18-25(28-27-24)30-22-14-16-26-17-15-22)19-10-12-21(13-11-19)29-20-7-5-4-6-8-20;;/h12-15,22,24,26H,3-11,16-21H2,1-2H3;10-13,18,20,22,26H,2-9,14-17H2,1H3;2*1H. The lowest BCUT2D eigenvalue weighted by atomic mass is 9.97. The molecular formula is C55H80Cl2N6O6. The van der Waals surface area contributed by atoms with Gasteiger partial charge in [-0.15, -0.1) is 35.0 Å². The van der Waals surface area contributed by atoms with Gasteiger partial charge in [0.1, 0.15) is 23.7 Å². The van der Waals surface area contributed by atoms with Gasteiger partial charge in [-0.05, 0) is 158 Å². The molecule has 2 aliphatic heterocycles. The van der Waals surface area contributed by atoms with Gasteiger partial charge in [0.15, 0.2) is 0 Å². The van der Waals surface area contributed by atoms with E-state index in [9.17, 15) is 4.79 Å². The molecule has 0 unspecified atom stereocenters. The van der Waals surface area contributed by atoms with Crippen molar-refractivity contribution in [2.24, 2.45) is 0 Å². The molecule has 2 aromatic heterocycles. The molecule has 0 spiro atoms. The molecule has 1 N–H and O–H groups in total. The molecule has 69 heavy (non-hydrogen) atoms. The first kappa shape index (κ1) is 55.7. The summed E-state index contributed by atoms with van der Waals surface area (Å²) in [6.07, 6.45) is 24.0. The molecule has 0 radical (unpaired) electrons. The number of carbonyl (C=O) groups is 1. The lowest BCUT2D eigenvalue weighted by molar-refractivity contribution is -0.143. The maximum absolute atomic E-state index is 11.6. The Balaban J connectivity index is 0.000000255. The van der Waals surface area contributed by atoms with Gasteiger partial charge in [-0.2, -0.15) is 10.2 Å². The van der Waals surface area contributed by atoms with Gasteiger partial charge in [0.2, 0.25) is 11.8 Å². The first-order valence-corrected chi connectivity index (χ1v) is 26.2. The number of halogens is 2. The summed E-state index contributed by atoms with van der Waals surface area (Å²) in [5, 5.41) is 21.3. The summed E-state index contributed by atoms with van der Waals surface area (Å²) in [5.74, 6) is 3.01. The Morgan fingerprint density at radius 2 is 1.00 bits per heavy atom. The smallest absolute Gasteiger partial charge is 0.307 e. The fourth-order valence-electron chi connectivity index (χ4n) is 9.64. The number of unbranched alkanes of at least 4 members (excludes halogenated alkanes) is 2. The fraction of sp³-hybridized carbons (Fsp3) is 0.618. The molecule has 4 heterocycles. The number of hydrogen-bond acceptors (Lipinski definition) is 12. The van der Waals surface area contributed by atoms with Crippen LogP contribution < -0.4 is 24.3 Å². The Hall–Kier alpha value is -4.23. The third-order valence-corrected chi connectivity index (χ3v) is 13.6. The van der Waals surface area contributed by atoms with E-state index in [2.05, 4.69) is 105 Å². The molecule has 4 fully saturated rings. The highest BCUT2D eigenvalue weighted by Gasteiger charge is 2.23. The van der Waals surface area contributed by atoms with Crippen LogP contribution in [0.1, 0.15) is 154 Å². The second-order valence-electron chi connectivity index (χ2n) is 18.9. The van der Waals surface area contributed by atoms with Gasteiger partial charge in [-0.3, -0.25) is 4.79 Å². The van der Waals surface area contributed by atoms with Crippen molar-refractivity contribution in [2.75, 3.05) is 39.3 Å². The summed E-state index contributed by atoms with van der Waals surface area (Å²) in [4.78, 5) is 14.0. The number of benzene rings is 2. The van der Waals surface area contributed by atoms with Crippen LogP contribution in [-0.4, -0.2) is 95.0 Å². The Morgan fingerprint density at radius 3 is 1.43 bits per heavy atom. The zero-order chi connectivity index (χ0) is 46.5. The SMILES string of the molecule is CCCCc1nnc(OC2CCN(CCC(=O)OCC)CC2)cc1-c1ccc(OC2CCCCC2)cc1.CCCCc1nnc(OC2CCNCC2)cc1-c1ccc(OC2CCCCC2)cc1.Cl.Cl. The predicted molar refractivity (Wildman–Crippen MR) is 280 cm³/mol. The van der Waals surface area contributed by atoms with Crippen molar-refractivity contribution in [3.05, 3.63) is 72.1 Å². The molecule has 12 nitrogen and oxygen atoms in total. The second kappa shape index (κ2) is 30.5. The van der Waals surface area contributed by atoms with E-state index in [4.69, 9.17) is 23.7 Å². The number of hydrogen-bond donors (Lipinski definition) is 1. The van der Waals surface area contributed by atoms with E-state index < -0.39 is 0 Å². The lowest BCUT2D eigenvalue weighted by Gasteiger charge is -2.31. The zero-order valence-corrected chi connectivity index (χ0v) is 43.3. The van der Waals surface area contributed by atoms with Crippen molar-refractivity contribution in [3.8, 4) is 45.5 Å². The predicted octanol–water partition coefficient (Wildman–Crippen LogP) is 12.2. The van der Waals surface area contributed by atoms with Crippen LogP contribution in [0.15, 0.2) is 60.7 Å². The second-order valence-corrected chi connectivity index (χ2v) is 18.9. The van der Waals surface area contributed by atoms with Crippen molar-refractivity contribution in [1.82, 2.24) is 30.6 Å². The first-order chi connectivity index (χ1) is 33.0. The number of likely N-dealkylation sites (tertiary alicyclic amines) is 1. The number of piperidine rings is 2. The van der Waals surface area contributed by atoms with Crippen LogP contribution in [-0.2, 0) is 22.4 Å². The van der Waals surface area contributed by atoms with E-state index in [0.717, 1.165) is 155 Å². The number of ether oxygens (including phenoxy) is 5. The average molecular weight is 992 g/mol. The van der Waals surface area contributed by atoms with Gasteiger partial charge in [0.25, 0.3) is 0 Å². The van der Waals surface area contributed by atoms with Crippen molar-refractivity contribution >= 4 is 30.8 Å². The maximum atomic E-state index is 11.6. The molecule has 4 aliphatic rings. The molecule has 0 amide bonds. The van der Waals surface area contributed by atoms with Crippen molar-refractivity contribution in [2.45, 2.75) is 180 Å². The zero-order valence-electron chi connectivity index (χ0n) is 41.7. The van der Waals surface area contributed by atoms with Crippen LogP contribution in [0.4, 0.5) is 0 Å². The molecule has 8 rings (SSSR count). The number of aromatic nitrogens is 4. The Bertz CT molecular complexity index is 2050. The number of nitrogens with zero attached hydrogens (tertiary/aromatic N) is 5. The maximum Gasteiger partial charge on any atom is 0.307 e. The molecule has 2 saturated heterocycles. The normalized spacial score (nSPS) is 17.3. The van der Waals surface area contributed by atoms with Gasteiger partial charge in [-0.25, -0.2) is 0 Å². The van der Waals surface area contributed by atoms with Crippen molar-refractivity contribution in [1.29, 1.82) is 0 Å². The summed E-state index contributed by atoms with van der Waals surface area (Å²) >= 11 is 0. The van der Waals surface area contributed by atoms with Crippen molar-refractivity contribution < 1.29 is 28.5 Å². The summed E-state index contributed by atoms with van der Waals surface area (Å²) in [6.45, 7) is 11.2. The van der Waals surface area contributed by atoms with E-state index in [1.807, 2.05) is 6.92 Å². The molecule has 2 aliphatic carbocycles. The van der Waals surface area contributed by atoms with Crippen LogP contribution in [0.25, 0.3) is 22.3 Å². The van der Waals surface area contributed by atoms with Crippen LogP contribution in [0.2, 0.25) is 0 Å². The van der Waals surface area contributed by atoms with Crippen molar-refractivity contribution in [3.63, 3.8) is 0 Å². The van der Waals surface area contributed by atoms with Crippen LogP contribution >= 0.6 is 24.8 Å². The van der Waals surface area contributed by atoms with E-state index in [-0.39, 0.29) is 43.0 Å². The molecule has 14 heteroatoms. The highest BCUT2D eigenvalue weighted by atomic mass is 35.5. The minimum absolute atomic E-state index is 0. The van der Waals surface area contributed by atoms with E-state index in [1.54, 1.807) is 0 Å². The quantitative estimate of drug-likeness (QED) is 0.0846. The molecular weight excluding hydrogens is 912 g/mol. The molecule has 2 saturated carbocycles. The van der Waals surface area contributed by atoms with Gasteiger partial charge in [0, 0.05) is 42.9 Å². The summed E-state index contributed by atoms with van der Waals surface area (Å²) in [6, 6.07) is 21.1. The largest absolute Gasteiger partial charge is 0.490 e. The monoisotopic (exact) mass is 991 g/mol. The summed E-state index contributed by atoms with van der Waals surface area (Å²) in [5.41, 5.74) is 6.57. The van der Waals surface area contributed by atoms with Gasteiger partial charge in [-0.1, -0.05) is 63.8 Å². The molecule has 4 aromatic rings. The Morgan fingerprint density at radius 1 is 0.565 bits per heavy atom. The Labute approximate surface area is 425 Å². The average Bonchev–Trinajstić information content (AvgIpc) is 3.37. The van der Waals surface area contributed by atoms with Crippen LogP contribution in [0.5, 0.6) is 23.3 Å². The number of aryl methyl sites for hydroxylation is 2. The first-order valence-electron chi connectivity index (χ1n) is 26.2. The molecule has 2 aromatic carbocycles. The van der Waals surface area contributed by atoms with Gasteiger partial charge >= 0.3 is 5.97 Å². The molecule has 0 bridgehead atoms. The number of rotatable bonds is 20. The number of esters is 1. The molecule has 380 valence electrons. The topological polar surface area (TPSA) is 130 Å². The van der Waals surface area contributed by atoms with E-state index in [1.165, 1.54) is 51.4 Å². The third kappa shape index (κ3) is 18.2. The van der Waals surface area contributed by atoms with E-state index in [0.29, 0.717) is 37.0 Å². The van der Waals surface area contributed by atoms with Gasteiger partial charge in [0.05, 0.1) is 36.6 Å². The highest BCUT2D eigenvalue weighted by Crippen LogP contribution is 2.33. The highest BCUT2D eigenvalue weighted by molar-refractivity contribution is 5.85. The number of carbonyl (C=O) groups excluding carboxylic acids is 1. The minimum atomic E-state index is -0.125. The summed E-state index contributed by atoms with van der Waals surface area (Å²) in [7, 11) is 0. The lowest BCUT2D eigenvalue weighted by Crippen LogP contribution is -2.39.